The molecule has 0 aliphatic carbocycles. The Bertz CT molecular complexity index is 1830. The summed E-state index contributed by atoms with van der Waals surface area (Å²) in [5, 5.41) is 17.7. The van der Waals surface area contributed by atoms with Gasteiger partial charge in [-0.1, -0.05) is 78.3 Å². The smallest absolute Gasteiger partial charge is 0.271 e. The molecule has 5 aromatic rings. The number of aromatic hydroxyl groups is 1. The molecule has 0 saturated heterocycles. The number of amides is 2. The molecule has 0 aromatic heterocycles. The SMILES string of the molecule is CN(C)CCN(Cc1cccc2ccccc12)C(=O)COc1ccc(/C=N/NC(=O)c2ccc(O)c(Cl)c2)c2ccccc12. The van der Waals surface area contributed by atoms with Crippen LogP contribution in [0.2, 0.25) is 5.02 Å². The van der Waals surface area contributed by atoms with Gasteiger partial charge >= 0.3 is 0 Å². The number of phenolic OH excluding ortho intramolecular Hbond substituents is 1. The molecule has 0 aliphatic rings. The number of benzene rings is 5. The van der Waals surface area contributed by atoms with Crippen molar-refractivity contribution < 1.29 is 19.4 Å². The van der Waals surface area contributed by atoms with Gasteiger partial charge in [0.25, 0.3) is 11.8 Å². The second kappa shape index (κ2) is 14.0. The molecule has 2 N–H and O–H groups in total. The molecule has 9 heteroatoms. The van der Waals surface area contributed by atoms with Crippen LogP contribution in [0.15, 0.2) is 102 Å². The molecule has 2 amide bonds. The minimum Gasteiger partial charge on any atom is -0.506 e. The number of hydrogen-bond donors (Lipinski definition) is 2. The van der Waals surface area contributed by atoms with Gasteiger partial charge in [-0.05, 0) is 66.1 Å². The van der Waals surface area contributed by atoms with Crippen LogP contribution in [-0.4, -0.2) is 66.7 Å². The van der Waals surface area contributed by atoms with Gasteiger partial charge in [0, 0.05) is 36.1 Å². The summed E-state index contributed by atoms with van der Waals surface area (Å²) < 4.78 is 6.12. The summed E-state index contributed by atoms with van der Waals surface area (Å²) in [7, 11) is 3.98. The fourth-order valence-electron chi connectivity index (χ4n) is 4.89. The Balaban J connectivity index is 1.30. The molecule has 5 rings (SSSR count). The maximum atomic E-state index is 13.5. The topological polar surface area (TPSA) is 94.5 Å². The van der Waals surface area contributed by atoms with Gasteiger partial charge in [-0.15, -0.1) is 0 Å². The number of ether oxygens (including phenoxy) is 1. The highest BCUT2D eigenvalue weighted by molar-refractivity contribution is 6.32. The Kier molecular flexibility index (Phi) is 9.74. The third-order valence-electron chi connectivity index (χ3n) is 7.26. The van der Waals surface area contributed by atoms with Crippen LogP contribution in [0.25, 0.3) is 21.5 Å². The van der Waals surface area contributed by atoms with Crippen LogP contribution in [0.1, 0.15) is 21.5 Å². The summed E-state index contributed by atoms with van der Waals surface area (Å²) in [6.45, 7) is 1.66. The predicted molar refractivity (Wildman–Crippen MR) is 176 cm³/mol. The van der Waals surface area contributed by atoms with Crippen molar-refractivity contribution >= 4 is 51.2 Å². The van der Waals surface area contributed by atoms with Crippen molar-refractivity contribution in [1.29, 1.82) is 0 Å². The fraction of sp³-hybridized carbons (Fsp3) is 0.171. The molecule has 224 valence electrons. The molecule has 0 atom stereocenters. The van der Waals surface area contributed by atoms with E-state index < -0.39 is 5.91 Å². The summed E-state index contributed by atoms with van der Waals surface area (Å²) in [5.74, 6) is -0.0975. The number of fused-ring (bicyclic) bond motifs is 2. The van der Waals surface area contributed by atoms with Gasteiger partial charge in [-0.25, -0.2) is 5.43 Å². The number of nitrogens with zero attached hydrogens (tertiary/aromatic N) is 3. The molecular formula is C35H33ClN4O4. The number of halogens is 1. The molecule has 0 heterocycles. The normalized spacial score (nSPS) is 11.4. The Morgan fingerprint density at radius 2 is 1.61 bits per heavy atom. The maximum absolute atomic E-state index is 13.5. The van der Waals surface area contributed by atoms with E-state index in [1.165, 1.54) is 18.2 Å². The zero-order valence-corrected chi connectivity index (χ0v) is 25.3. The first-order valence-corrected chi connectivity index (χ1v) is 14.5. The number of nitrogens with one attached hydrogen (secondary N) is 1. The van der Waals surface area contributed by atoms with Gasteiger partial charge in [0.2, 0.25) is 0 Å². The number of carbonyl (C=O) groups is 2. The summed E-state index contributed by atoms with van der Waals surface area (Å²) >= 11 is 5.91. The van der Waals surface area contributed by atoms with Gasteiger partial charge in [0.05, 0.1) is 11.2 Å². The van der Waals surface area contributed by atoms with Gasteiger partial charge in [-0.2, -0.15) is 5.10 Å². The van der Waals surface area contributed by atoms with Crippen molar-refractivity contribution in [3.05, 3.63) is 119 Å². The fourth-order valence-corrected chi connectivity index (χ4v) is 5.07. The molecule has 0 bridgehead atoms. The molecule has 0 unspecified atom stereocenters. The lowest BCUT2D eigenvalue weighted by molar-refractivity contribution is -0.134. The molecule has 44 heavy (non-hydrogen) atoms. The molecule has 8 nitrogen and oxygen atoms in total. The van der Waals surface area contributed by atoms with Gasteiger partial charge in [0.15, 0.2) is 6.61 Å². The minimum absolute atomic E-state index is 0.0797. The van der Waals surface area contributed by atoms with Crippen LogP contribution >= 0.6 is 11.6 Å². The Morgan fingerprint density at radius 3 is 2.39 bits per heavy atom. The zero-order valence-electron chi connectivity index (χ0n) is 24.5. The van der Waals surface area contributed by atoms with Crippen molar-refractivity contribution in [2.75, 3.05) is 33.8 Å². The van der Waals surface area contributed by atoms with Gasteiger partial charge in [0.1, 0.15) is 11.5 Å². The standard InChI is InChI=1S/C35H33ClN4O4/c1-39(2)18-19-40(22-27-10-7-9-24-8-3-4-11-28(24)27)34(42)23-44-33-17-15-26(29-12-5-6-13-30(29)33)21-37-38-35(43)25-14-16-32(41)31(36)20-25/h3-17,20-21,41H,18-19,22-23H2,1-2H3,(H,38,43)/b37-21+. The summed E-state index contributed by atoms with van der Waals surface area (Å²) in [6, 6.07) is 29.8. The van der Waals surface area contributed by atoms with Crippen LogP contribution in [0, 0.1) is 0 Å². The van der Waals surface area contributed by atoms with Crippen LogP contribution < -0.4 is 10.2 Å². The van der Waals surface area contributed by atoms with Gasteiger partial charge < -0.3 is 19.6 Å². The molecule has 5 aromatic carbocycles. The van der Waals surface area contributed by atoms with E-state index in [1.807, 2.05) is 67.5 Å². The summed E-state index contributed by atoms with van der Waals surface area (Å²) in [6.07, 6.45) is 1.55. The van der Waals surface area contributed by atoms with Crippen molar-refractivity contribution in [3.63, 3.8) is 0 Å². The minimum atomic E-state index is -0.465. The number of rotatable bonds is 11. The molecule has 0 saturated carbocycles. The van der Waals surface area contributed by atoms with Crippen molar-refractivity contribution in [2.24, 2.45) is 5.10 Å². The third kappa shape index (κ3) is 7.34. The first-order valence-electron chi connectivity index (χ1n) is 14.2. The highest BCUT2D eigenvalue weighted by Crippen LogP contribution is 2.28. The lowest BCUT2D eigenvalue weighted by Gasteiger charge is -2.25. The Hall–Kier alpha value is -4.92. The van der Waals surface area contributed by atoms with E-state index in [-0.39, 0.29) is 28.8 Å². The molecule has 0 aliphatic heterocycles. The molecule has 0 spiro atoms. The van der Waals surface area contributed by atoms with Crippen molar-refractivity contribution in [3.8, 4) is 11.5 Å². The number of hydrazone groups is 1. The largest absolute Gasteiger partial charge is 0.506 e. The van der Waals surface area contributed by atoms with Gasteiger partial charge in [-0.3, -0.25) is 9.59 Å². The van der Waals surface area contributed by atoms with E-state index in [0.29, 0.717) is 18.8 Å². The number of likely N-dealkylation sites (N-methyl/N-ethyl adjacent to an activating group) is 1. The molecule has 0 radical (unpaired) electrons. The summed E-state index contributed by atoms with van der Waals surface area (Å²) in [4.78, 5) is 29.9. The predicted octanol–water partition coefficient (Wildman–Crippen LogP) is 6.09. The average molecular weight is 609 g/mol. The first-order chi connectivity index (χ1) is 21.3. The van der Waals surface area contributed by atoms with Crippen LogP contribution in [-0.2, 0) is 11.3 Å². The quantitative estimate of drug-likeness (QED) is 0.140. The van der Waals surface area contributed by atoms with Crippen LogP contribution in [0.3, 0.4) is 0 Å². The molecule has 0 fully saturated rings. The van der Waals surface area contributed by atoms with E-state index in [9.17, 15) is 14.7 Å². The van der Waals surface area contributed by atoms with E-state index in [1.54, 1.807) is 12.3 Å². The number of phenols is 1. The Morgan fingerprint density at radius 1 is 0.886 bits per heavy atom. The zero-order chi connectivity index (χ0) is 31.1. The van der Waals surface area contributed by atoms with Crippen LogP contribution in [0.4, 0.5) is 0 Å². The second-order valence-electron chi connectivity index (χ2n) is 10.6. The number of carbonyl (C=O) groups excluding carboxylic acids is 2. The average Bonchev–Trinajstić information content (AvgIpc) is 3.03. The highest BCUT2D eigenvalue weighted by Gasteiger charge is 2.17. The van der Waals surface area contributed by atoms with E-state index in [4.69, 9.17) is 16.3 Å². The van der Waals surface area contributed by atoms with E-state index in [0.717, 1.165) is 39.2 Å². The first kappa shape index (κ1) is 30.5. The lowest BCUT2D eigenvalue weighted by atomic mass is 10.0. The third-order valence-corrected chi connectivity index (χ3v) is 7.56. The van der Waals surface area contributed by atoms with Crippen molar-refractivity contribution in [2.45, 2.75) is 6.54 Å². The second-order valence-corrected chi connectivity index (χ2v) is 11.0. The summed E-state index contributed by atoms with van der Waals surface area (Å²) in [5.41, 5.74) is 4.59. The highest BCUT2D eigenvalue weighted by atomic mass is 35.5. The van der Waals surface area contributed by atoms with E-state index in [2.05, 4.69) is 39.7 Å². The lowest BCUT2D eigenvalue weighted by Crippen LogP contribution is -2.39. The maximum Gasteiger partial charge on any atom is 0.271 e. The van der Waals surface area contributed by atoms with Crippen molar-refractivity contribution in [1.82, 2.24) is 15.2 Å². The number of hydrogen-bond acceptors (Lipinski definition) is 6. The van der Waals surface area contributed by atoms with E-state index >= 15 is 0 Å². The van der Waals surface area contributed by atoms with Crippen LogP contribution in [0.5, 0.6) is 11.5 Å². The molecular weight excluding hydrogens is 576 g/mol. The Labute approximate surface area is 261 Å². The monoisotopic (exact) mass is 608 g/mol.